The molecule has 2 aromatic rings. The summed E-state index contributed by atoms with van der Waals surface area (Å²) in [6.07, 6.45) is 2.78. The van der Waals surface area contributed by atoms with Gasteiger partial charge in [-0.25, -0.2) is 0 Å². The van der Waals surface area contributed by atoms with E-state index >= 15 is 0 Å². The second kappa shape index (κ2) is 5.24. The predicted molar refractivity (Wildman–Crippen MR) is 71.5 cm³/mol. The Morgan fingerprint density at radius 3 is 2.72 bits per heavy atom. The molecule has 0 unspecified atom stereocenters. The number of nitriles is 1. The number of rotatable bonds is 3. The summed E-state index contributed by atoms with van der Waals surface area (Å²) in [5, 5.41) is 14.0. The summed E-state index contributed by atoms with van der Waals surface area (Å²) in [6.45, 7) is 2.09. The summed E-state index contributed by atoms with van der Waals surface area (Å²) >= 11 is 6.24. The van der Waals surface area contributed by atoms with Gasteiger partial charge >= 0.3 is 0 Å². The minimum atomic E-state index is 0.113. The largest absolute Gasteiger partial charge is 0.274 e. The Balaban J connectivity index is 2.53. The molecule has 18 heavy (non-hydrogen) atoms. The Bertz CT molecular complexity index is 595. The molecule has 3 nitrogen and oxygen atoms in total. The average molecular weight is 260 g/mol. The summed E-state index contributed by atoms with van der Waals surface area (Å²) in [4.78, 5) is 0. The van der Waals surface area contributed by atoms with Crippen LogP contribution in [0.1, 0.15) is 36.1 Å². The molecule has 0 amide bonds. The first-order valence-electron chi connectivity index (χ1n) is 5.85. The molecule has 0 spiro atoms. The quantitative estimate of drug-likeness (QED) is 0.847. The van der Waals surface area contributed by atoms with Crippen LogP contribution in [0.2, 0.25) is 5.02 Å². The van der Waals surface area contributed by atoms with Crippen LogP contribution in [-0.4, -0.2) is 9.78 Å². The number of benzene rings is 1. The molecule has 0 aliphatic heterocycles. The molecule has 0 aliphatic carbocycles. The summed E-state index contributed by atoms with van der Waals surface area (Å²) in [5.74, 6) is 0.113. The van der Waals surface area contributed by atoms with E-state index in [1.54, 1.807) is 4.68 Å². The summed E-state index contributed by atoms with van der Waals surface area (Å²) in [7, 11) is 1.82. The molecule has 0 saturated carbocycles. The van der Waals surface area contributed by atoms with Crippen molar-refractivity contribution < 1.29 is 0 Å². The van der Waals surface area contributed by atoms with E-state index in [-0.39, 0.29) is 5.92 Å². The van der Waals surface area contributed by atoms with Gasteiger partial charge in [0.1, 0.15) is 6.07 Å². The Morgan fingerprint density at radius 2 is 2.11 bits per heavy atom. The van der Waals surface area contributed by atoms with Gasteiger partial charge in [0.25, 0.3) is 0 Å². The molecule has 0 saturated heterocycles. The van der Waals surface area contributed by atoms with Crippen LogP contribution < -0.4 is 0 Å². The van der Waals surface area contributed by atoms with Crippen molar-refractivity contribution >= 4 is 11.6 Å². The van der Waals surface area contributed by atoms with Gasteiger partial charge in [0.2, 0.25) is 0 Å². The molecule has 2 rings (SSSR count). The lowest BCUT2D eigenvalue weighted by atomic mass is 9.89. The summed E-state index contributed by atoms with van der Waals surface area (Å²) in [5.41, 5.74) is 2.46. The fraction of sp³-hybridized carbons (Fsp3) is 0.286. The molecule has 4 heteroatoms. The van der Waals surface area contributed by atoms with Crippen molar-refractivity contribution in [2.75, 3.05) is 0 Å². The molecular formula is C14H14ClN3. The van der Waals surface area contributed by atoms with Crippen LogP contribution in [0, 0.1) is 11.3 Å². The van der Waals surface area contributed by atoms with Crippen molar-refractivity contribution in [2.45, 2.75) is 19.3 Å². The van der Waals surface area contributed by atoms with Crippen LogP contribution in [0.5, 0.6) is 0 Å². The maximum atomic E-state index is 9.13. The first-order chi connectivity index (χ1) is 8.67. The lowest BCUT2D eigenvalue weighted by molar-refractivity contribution is 0.755. The monoisotopic (exact) mass is 259 g/mol. The molecular weight excluding hydrogens is 246 g/mol. The normalized spacial score (nSPS) is 12.1. The molecule has 1 aromatic carbocycles. The van der Waals surface area contributed by atoms with Crippen LogP contribution in [0.3, 0.4) is 0 Å². The Hall–Kier alpha value is -1.79. The number of aromatic nitrogens is 2. The van der Waals surface area contributed by atoms with E-state index in [0.29, 0.717) is 5.69 Å². The zero-order valence-electron chi connectivity index (χ0n) is 10.4. The highest BCUT2D eigenvalue weighted by molar-refractivity contribution is 6.31. The van der Waals surface area contributed by atoms with Crippen molar-refractivity contribution in [1.29, 1.82) is 5.26 Å². The van der Waals surface area contributed by atoms with Gasteiger partial charge in [-0.15, -0.1) is 0 Å². The van der Waals surface area contributed by atoms with Crippen molar-refractivity contribution in [3.63, 3.8) is 0 Å². The number of nitrogens with zero attached hydrogens (tertiary/aromatic N) is 3. The maximum Gasteiger partial charge on any atom is 0.166 e. The second-order valence-corrected chi connectivity index (χ2v) is 4.61. The molecule has 0 fully saturated rings. The zero-order valence-corrected chi connectivity index (χ0v) is 11.1. The standard InChI is InChI=1S/C14H14ClN3/c1-3-10(11-6-4-5-7-13(11)15)12-9-18(2)17-14(12)8-16/h4-7,9-10H,3H2,1-2H3/t10-/m1/s1. The molecule has 0 bridgehead atoms. The first-order valence-corrected chi connectivity index (χ1v) is 6.23. The van der Waals surface area contributed by atoms with Crippen molar-refractivity contribution in [1.82, 2.24) is 9.78 Å². The van der Waals surface area contributed by atoms with Crippen LogP contribution in [0.25, 0.3) is 0 Å². The van der Waals surface area contributed by atoms with E-state index in [0.717, 1.165) is 22.6 Å². The van der Waals surface area contributed by atoms with Gasteiger partial charge in [0.15, 0.2) is 5.69 Å². The number of aryl methyl sites for hydroxylation is 1. The highest BCUT2D eigenvalue weighted by Crippen LogP contribution is 2.33. The van der Waals surface area contributed by atoms with Gasteiger partial charge in [0, 0.05) is 29.7 Å². The molecule has 1 atom stereocenters. The fourth-order valence-corrected chi connectivity index (χ4v) is 2.48. The first kappa shape index (κ1) is 12.7. The van der Waals surface area contributed by atoms with Gasteiger partial charge in [-0.05, 0) is 18.1 Å². The summed E-state index contributed by atoms with van der Waals surface area (Å²) < 4.78 is 1.67. The molecule has 0 radical (unpaired) electrons. The average Bonchev–Trinajstić information content (AvgIpc) is 2.74. The third-order valence-electron chi connectivity index (χ3n) is 3.03. The Kier molecular flexibility index (Phi) is 3.69. The Morgan fingerprint density at radius 1 is 1.39 bits per heavy atom. The van der Waals surface area contributed by atoms with E-state index in [9.17, 15) is 0 Å². The Labute approximate surface area is 112 Å². The minimum Gasteiger partial charge on any atom is -0.274 e. The van der Waals surface area contributed by atoms with Crippen LogP contribution in [0.15, 0.2) is 30.5 Å². The van der Waals surface area contributed by atoms with Crippen LogP contribution in [0.4, 0.5) is 0 Å². The van der Waals surface area contributed by atoms with Gasteiger partial charge in [-0.2, -0.15) is 10.4 Å². The lowest BCUT2D eigenvalue weighted by Gasteiger charge is -2.15. The highest BCUT2D eigenvalue weighted by Gasteiger charge is 2.20. The van der Waals surface area contributed by atoms with Gasteiger partial charge in [-0.1, -0.05) is 36.7 Å². The molecule has 92 valence electrons. The van der Waals surface area contributed by atoms with Gasteiger partial charge < -0.3 is 0 Å². The van der Waals surface area contributed by atoms with Crippen molar-refractivity contribution in [3.8, 4) is 6.07 Å². The van der Waals surface area contributed by atoms with E-state index in [4.69, 9.17) is 16.9 Å². The zero-order chi connectivity index (χ0) is 13.1. The van der Waals surface area contributed by atoms with Crippen LogP contribution in [-0.2, 0) is 7.05 Å². The van der Waals surface area contributed by atoms with Crippen molar-refractivity contribution in [2.24, 2.45) is 7.05 Å². The molecule has 0 aliphatic rings. The van der Waals surface area contributed by atoms with Crippen molar-refractivity contribution in [3.05, 3.63) is 52.3 Å². The number of hydrogen-bond donors (Lipinski definition) is 0. The van der Waals surface area contributed by atoms with E-state index in [1.807, 2.05) is 37.5 Å². The third-order valence-corrected chi connectivity index (χ3v) is 3.37. The van der Waals surface area contributed by atoms with Gasteiger partial charge in [0.05, 0.1) is 0 Å². The predicted octanol–water partition coefficient (Wildman–Crippen LogP) is 3.49. The lowest BCUT2D eigenvalue weighted by Crippen LogP contribution is -2.01. The number of hydrogen-bond acceptors (Lipinski definition) is 2. The SMILES string of the molecule is CC[C@H](c1ccccc1Cl)c1cn(C)nc1C#N. The second-order valence-electron chi connectivity index (χ2n) is 4.20. The molecule has 1 heterocycles. The topological polar surface area (TPSA) is 41.6 Å². The van der Waals surface area contributed by atoms with E-state index < -0.39 is 0 Å². The smallest absolute Gasteiger partial charge is 0.166 e. The minimum absolute atomic E-state index is 0.113. The molecule has 1 aromatic heterocycles. The van der Waals surface area contributed by atoms with E-state index in [1.165, 1.54) is 0 Å². The van der Waals surface area contributed by atoms with Crippen LogP contribution >= 0.6 is 11.6 Å². The summed E-state index contributed by atoms with van der Waals surface area (Å²) in [6, 6.07) is 9.90. The third kappa shape index (κ3) is 2.25. The fourth-order valence-electron chi connectivity index (χ4n) is 2.21. The van der Waals surface area contributed by atoms with Gasteiger partial charge in [-0.3, -0.25) is 4.68 Å². The highest BCUT2D eigenvalue weighted by atomic mass is 35.5. The maximum absolute atomic E-state index is 9.13. The molecule has 0 N–H and O–H groups in total. The van der Waals surface area contributed by atoms with E-state index in [2.05, 4.69) is 18.1 Å². The number of halogens is 1.